The molecule has 2 aliphatic rings. The molecular formula is C15H24N4O. The van der Waals surface area contributed by atoms with Crippen LogP contribution < -0.4 is 5.32 Å². The van der Waals surface area contributed by atoms with Crippen LogP contribution in [0.3, 0.4) is 0 Å². The highest BCUT2D eigenvalue weighted by atomic mass is 16.2. The Balaban J connectivity index is 1.95. The Kier molecular flexibility index (Phi) is 3.78. The Morgan fingerprint density at radius 1 is 1.40 bits per heavy atom. The maximum Gasteiger partial charge on any atom is 0.242 e. The fourth-order valence-electron chi connectivity index (χ4n) is 3.34. The summed E-state index contributed by atoms with van der Waals surface area (Å²) in [5, 5.41) is 3.38. The van der Waals surface area contributed by atoms with Crippen molar-refractivity contribution >= 4 is 5.91 Å². The van der Waals surface area contributed by atoms with Crippen molar-refractivity contribution in [2.45, 2.75) is 51.1 Å². The highest BCUT2D eigenvalue weighted by Crippen LogP contribution is 2.35. The Morgan fingerprint density at radius 3 is 2.85 bits per heavy atom. The summed E-state index contributed by atoms with van der Waals surface area (Å²) in [5.41, 5.74) is 2.44. The van der Waals surface area contributed by atoms with E-state index in [-0.39, 0.29) is 5.91 Å². The highest BCUT2D eigenvalue weighted by Gasteiger charge is 2.28. The molecule has 3 rings (SSSR count). The molecule has 110 valence electrons. The Labute approximate surface area is 120 Å². The van der Waals surface area contributed by atoms with Gasteiger partial charge in [0.2, 0.25) is 5.91 Å². The summed E-state index contributed by atoms with van der Waals surface area (Å²) < 4.78 is 2.22. The van der Waals surface area contributed by atoms with Crippen molar-refractivity contribution < 1.29 is 4.79 Å². The molecule has 1 saturated carbocycles. The number of carbonyl (C=O) groups excluding carboxylic acids is 1. The van der Waals surface area contributed by atoms with E-state index in [9.17, 15) is 4.79 Å². The van der Waals surface area contributed by atoms with Crippen LogP contribution in [0.25, 0.3) is 0 Å². The summed E-state index contributed by atoms with van der Waals surface area (Å²) in [4.78, 5) is 18.7. The molecule has 1 aromatic rings. The monoisotopic (exact) mass is 276 g/mol. The summed E-state index contributed by atoms with van der Waals surface area (Å²) in [6.07, 6.45) is 6.01. The number of nitrogens with one attached hydrogen (secondary N) is 1. The average Bonchev–Trinajstić information content (AvgIpc) is 3.06. The zero-order chi connectivity index (χ0) is 14.1. The van der Waals surface area contributed by atoms with Gasteiger partial charge in [0.15, 0.2) is 0 Å². The second-order valence-electron chi connectivity index (χ2n) is 6.15. The van der Waals surface area contributed by atoms with Crippen LogP contribution in [0.5, 0.6) is 0 Å². The van der Waals surface area contributed by atoms with Crippen molar-refractivity contribution in [3.05, 3.63) is 17.2 Å². The van der Waals surface area contributed by atoms with Gasteiger partial charge in [-0.3, -0.25) is 4.79 Å². The van der Waals surface area contributed by atoms with E-state index in [1.807, 2.05) is 14.1 Å². The summed E-state index contributed by atoms with van der Waals surface area (Å²) in [6, 6.07) is 0. The van der Waals surface area contributed by atoms with Crippen LogP contribution in [-0.2, 0) is 24.3 Å². The van der Waals surface area contributed by atoms with Gasteiger partial charge in [-0.15, -0.1) is 0 Å². The van der Waals surface area contributed by atoms with Crippen molar-refractivity contribution in [3.63, 3.8) is 0 Å². The summed E-state index contributed by atoms with van der Waals surface area (Å²) in [7, 11) is 3.64. The molecule has 2 heterocycles. The molecular weight excluding hydrogens is 252 g/mol. The van der Waals surface area contributed by atoms with Gasteiger partial charge in [0.25, 0.3) is 0 Å². The van der Waals surface area contributed by atoms with Gasteiger partial charge in [-0.25, -0.2) is 4.98 Å². The van der Waals surface area contributed by atoms with E-state index >= 15 is 0 Å². The van der Waals surface area contributed by atoms with E-state index in [0.29, 0.717) is 12.5 Å². The van der Waals surface area contributed by atoms with Crippen LogP contribution in [0.4, 0.5) is 0 Å². The predicted octanol–water partition coefficient (Wildman–Crippen LogP) is 1.27. The fourth-order valence-corrected chi connectivity index (χ4v) is 3.34. The van der Waals surface area contributed by atoms with Crippen molar-refractivity contribution in [3.8, 4) is 0 Å². The number of fused-ring (bicyclic) bond motifs is 1. The first-order chi connectivity index (χ1) is 9.66. The zero-order valence-corrected chi connectivity index (χ0v) is 12.5. The Bertz CT molecular complexity index is 500. The molecule has 1 aliphatic heterocycles. The lowest BCUT2D eigenvalue weighted by molar-refractivity contribution is -0.129. The van der Waals surface area contributed by atoms with E-state index in [4.69, 9.17) is 4.98 Å². The molecule has 0 radical (unpaired) electrons. The number of hydrogen-bond donors (Lipinski definition) is 1. The number of imidazole rings is 1. The maximum absolute atomic E-state index is 12.1. The van der Waals surface area contributed by atoms with Gasteiger partial charge in [-0.05, 0) is 12.8 Å². The molecule has 0 saturated heterocycles. The van der Waals surface area contributed by atoms with Crippen LogP contribution in [0.1, 0.15) is 48.8 Å². The summed E-state index contributed by atoms with van der Waals surface area (Å²) in [5.74, 6) is 1.87. The molecule has 1 fully saturated rings. The molecule has 0 atom stereocenters. The molecule has 0 aromatic carbocycles. The largest absolute Gasteiger partial charge is 0.347 e. The average molecular weight is 276 g/mol. The van der Waals surface area contributed by atoms with Crippen LogP contribution in [0, 0.1) is 0 Å². The minimum absolute atomic E-state index is 0.156. The molecule has 0 spiro atoms. The van der Waals surface area contributed by atoms with Gasteiger partial charge in [-0.1, -0.05) is 12.8 Å². The number of aromatic nitrogens is 2. The third kappa shape index (κ3) is 2.46. The first-order valence-electron chi connectivity index (χ1n) is 7.66. The smallest absolute Gasteiger partial charge is 0.242 e. The molecule has 1 aliphatic carbocycles. The van der Waals surface area contributed by atoms with Crippen molar-refractivity contribution in [2.24, 2.45) is 0 Å². The van der Waals surface area contributed by atoms with Crippen LogP contribution in [0.15, 0.2) is 0 Å². The number of rotatable bonds is 3. The van der Waals surface area contributed by atoms with Crippen LogP contribution in [-0.4, -0.2) is 41.0 Å². The first kappa shape index (κ1) is 13.6. The summed E-state index contributed by atoms with van der Waals surface area (Å²) >= 11 is 0. The quantitative estimate of drug-likeness (QED) is 0.904. The third-order valence-corrected chi connectivity index (χ3v) is 4.53. The van der Waals surface area contributed by atoms with Crippen LogP contribution in [0.2, 0.25) is 0 Å². The van der Waals surface area contributed by atoms with Crippen LogP contribution >= 0.6 is 0 Å². The van der Waals surface area contributed by atoms with Crippen molar-refractivity contribution in [1.29, 1.82) is 0 Å². The lowest BCUT2D eigenvalue weighted by Crippen LogP contribution is -2.30. The van der Waals surface area contributed by atoms with E-state index < -0.39 is 0 Å². The second kappa shape index (κ2) is 5.56. The standard InChI is InChI=1S/C15H24N4O/c1-18(2)14(20)10-19-13-7-8-16-9-12(13)17-15(19)11-5-3-4-6-11/h11,16H,3-10H2,1-2H3. The second-order valence-corrected chi connectivity index (χ2v) is 6.15. The molecule has 1 aromatic heterocycles. The Morgan fingerprint density at radius 2 is 2.15 bits per heavy atom. The lowest BCUT2D eigenvalue weighted by atomic mass is 10.1. The van der Waals surface area contributed by atoms with Gasteiger partial charge in [0.05, 0.1) is 5.69 Å². The van der Waals surface area contributed by atoms with Crippen molar-refractivity contribution in [2.75, 3.05) is 20.6 Å². The maximum atomic E-state index is 12.1. The normalized spacial score (nSPS) is 19.1. The summed E-state index contributed by atoms with van der Waals surface area (Å²) in [6.45, 7) is 2.28. The van der Waals surface area contributed by atoms with E-state index in [0.717, 1.165) is 31.0 Å². The molecule has 5 nitrogen and oxygen atoms in total. The zero-order valence-electron chi connectivity index (χ0n) is 12.5. The van der Waals surface area contributed by atoms with Gasteiger partial charge < -0.3 is 14.8 Å². The predicted molar refractivity (Wildman–Crippen MR) is 77.5 cm³/mol. The van der Waals surface area contributed by atoms with Gasteiger partial charge in [-0.2, -0.15) is 0 Å². The number of nitrogens with zero attached hydrogens (tertiary/aromatic N) is 3. The van der Waals surface area contributed by atoms with E-state index in [1.165, 1.54) is 31.4 Å². The molecule has 5 heteroatoms. The minimum Gasteiger partial charge on any atom is -0.347 e. The van der Waals surface area contributed by atoms with Gasteiger partial charge >= 0.3 is 0 Å². The van der Waals surface area contributed by atoms with Gasteiger partial charge in [0.1, 0.15) is 12.4 Å². The molecule has 1 N–H and O–H groups in total. The highest BCUT2D eigenvalue weighted by molar-refractivity contribution is 5.75. The number of hydrogen-bond acceptors (Lipinski definition) is 3. The topological polar surface area (TPSA) is 50.2 Å². The SMILES string of the molecule is CN(C)C(=O)Cn1c(C2CCCC2)nc2c1CCNC2. The molecule has 0 bridgehead atoms. The number of amides is 1. The molecule has 0 unspecified atom stereocenters. The number of likely N-dealkylation sites (N-methyl/N-ethyl adjacent to an activating group) is 1. The lowest BCUT2D eigenvalue weighted by Gasteiger charge is -2.19. The first-order valence-corrected chi connectivity index (χ1v) is 7.66. The molecule has 1 amide bonds. The van der Waals surface area contributed by atoms with Crippen molar-refractivity contribution in [1.82, 2.24) is 19.8 Å². The minimum atomic E-state index is 0.156. The Hall–Kier alpha value is -1.36. The van der Waals surface area contributed by atoms with E-state index in [1.54, 1.807) is 4.90 Å². The number of carbonyl (C=O) groups is 1. The van der Waals surface area contributed by atoms with Gasteiger partial charge in [0, 0.05) is 45.2 Å². The van der Waals surface area contributed by atoms with E-state index in [2.05, 4.69) is 9.88 Å². The third-order valence-electron chi connectivity index (χ3n) is 4.53. The molecule has 20 heavy (non-hydrogen) atoms. The fraction of sp³-hybridized carbons (Fsp3) is 0.733.